The Hall–Kier alpha value is -2.20. The Labute approximate surface area is 153 Å². The Kier molecular flexibility index (Phi) is 7.97. The van der Waals surface area contributed by atoms with Gasteiger partial charge in [0.25, 0.3) is 5.91 Å². The van der Waals surface area contributed by atoms with E-state index in [1.54, 1.807) is 13.8 Å². The first-order valence-electron chi connectivity index (χ1n) is 8.31. The van der Waals surface area contributed by atoms with E-state index in [2.05, 4.69) is 5.32 Å². The molecule has 0 aliphatic heterocycles. The maximum atomic E-state index is 12.5. The number of rotatable bonds is 10. The van der Waals surface area contributed by atoms with Crippen molar-refractivity contribution in [3.05, 3.63) is 28.3 Å². The minimum atomic E-state index is -3.83. The molecule has 0 radical (unpaired) electrons. The number of hydrogen-bond donors (Lipinski definition) is 1. The summed E-state index contributed by atoms with van der Waals surface area (Å²) in [4.78, 5) is 22.0. The number of ether oxygens (including phenoxy) is 1. The zero-order valence-electron chi connectivity index (χ0n) is 15.4. The first-order valence-corrected chi connectivity index (χ1v) is 9.75. The SMILES string of the molecule is CCN(CC)S(=O)(=O)c1ccc(OCC(=O)NCC(C)C)c([N+](=O)[O-])c1. The highest BCUT2D eigenvalue weighted by atomic mass is 32.2. The number of carbonyl (C=O) groups excluding carboxylic acids is 1. The fourth-order valence-corrected chi connectivity index (χ4v) is 3.63. The minimum absolute atomic E-state index is 0.159. The fraction of sp³-hybridized carbons (Fsp3) is 0.562. The Balaban J connectivity index is 3.03. The molecule has 1 aromatic rings. The minimum Gasteiger partial charge on any atom is -0.477 e. The molecule has 0 aromatic heterocycles. The molecular formula is C16H25N3O6S. The number of nitro benzene ring substituents is 1. The summed E-state index contributed by atoms with van der Waals surface area (Å²) in [6.07, 6.45) is 0. The molecule has 1 N–H and O–H groups in total. The Bertz CT molecular complexity index is 744. The van der Waals surface area contributed by atoms with Gasteiger partial charge in [0, 0.05) is 25.7 Å². The lowest BCUT2D eigenvalue weighted by molar-refractivity contribution is -0.386. The van der Waals surface area contributed by atoms with Gasteiger partial charge in [0.2, 0.25) is 10.0 Å². The highest BCUT2D eigenvalue weighted by Gasteiger charge is 2.26. The highest BCUT2D eigenvalue weighted by Crippen LogP contribution is 2.30. The smallest absolute Gasteiger partial charge is 0.312 e. The van der Waals surface area contributed by atoms with Crippen molar-refractivity contribution in [2.75, 3.05) is 26.2 Å². The molecule has 0 fully saturated rings. The van der Waals surface area contributed by atoms with Gasteiger partial charge in [0.15, 0.2) is 12.4 Å². The normalized spacial score (nSPS) is 11.6. The van der Waals surface area contributed by atoms with Crippen LogP contribution in [0.3, 0.4) is 0 Å². The maximum Gasteiger partial charge on any atom is 0.312 e. The quantitative estimate of drug-likeness (QED) is 0.483. The predicted octanol–water partition coefficient (Wildman–Crippen LogP) is 1.78. The third-order valence-corrected chi connectivity index (χ3v) is 5.58. The lowest BCUT2D eigenvalue weighted by Crippen LogP contribution is -2.32. The van der Waals surface area contributed by atoms with Crippen molar-refractivity contribution >= 4 is 21.6 Å². The molecule has 0 atom stereocenters. The van der Waals surface area contributed by atoms with Crippen LogP contribution >= 0.6 is 0 Å². The van der Waals surface area contributed by atoms with Crippen LogP contribution in [0.1, 0.15) is 27.7 Å². The van der Waals surface area contributed by atoms with Crippen molar-refractivity contribution in [2.24, 2.45) is 5.92 Å². The summed E-state index contributed by atoms with van der Waals surface area (Å²) in [5.74, 6) is -0.307. The number of hydrogen-bond acceptors (Lipinski definition) is 6. The predicted molar refractivity (Wildman–Crippen MR) is 96.5 cm³/mol. The van der Waals surface area contributed by atoms with Crippen LogP contribution in [0.15, 0.2) is 23.1 Å². The Morgan fingerprint density at radius 1 is 1.31 bits per heavy atom. The van der Waals surface area contributed by atoms with Crippen LogP contribution in [-0.4, -0.2) is 49.8 Å². The molecule has 0 aliphatic carbocycles. The summed E-state index contributed by atoms with van der Waals surface area (Å²) in [5.41, 5.74) is -0.505. The van der Waals surface area contributed by atoms with E-state index >= 15 is 0 Å². The van der Waals surface area contributed by atoms with Gasteiger partial charge in [-0.1, -0.05) is 27.7 Å². The molecule has 146 valence electrons. The van der Waals surface area contributed by atoms with Gasteiger partial charge in [-0.2, -0.15) is 4.31 Å². The standard InChI is InChI=1S/C16H25N3O6S/c1-5-18(6-2)26(23,24)13-7-8-15(14(9-13)19(21)22)25-11-16(20)17-10-12(3)4/h7-9,12H,5-6,10-11H2,1-4H3,(H,17,20). The molecule has 0 aliphatic rings. The van der Waals surface area contributed by atoms with Crippen molar-refractivity contribution in [1.29, 1.82) is 0 Å². The third-order valence-electron chi connectivity index (χ3n) is 3.54. The van der Waals surface area contributed by atoms with Crippen molar-refractivity contribution < 1.29 is 22.9 Å². The van der Waals surface area contributed by atoms with E-state index in [0.717, 1.165) is 6.07 Å². The number of amides is 1. The van der Waals surface area contributed by atoms with E-state index < -0.39 is 33.1 Å². The molecule has 1 amide bonds. The first-order chi connectivity index (χ1) is 12.1. The second-order valence-corrected chi connectivity index (χ2v) is 7.90. The van der Waals surface area contributed by atoms with Gasteiger partial charge in [-0.05, 0) is 18.1 Å². The molecule has 9 nitrogen and oxygen atoms in total. The van der Waals surface area contributed by atoms with Crippen molar-refractivity contribution in [2.45, 2.75) is 32.6 Å². The molecule has 0 unspecified atom stereocenters. The van der Waals surface area contributed by atoms with Gasteiger partial charge in [-0.25, -0.2) is 8.42 Å². The average molecular weight is 387 g/mol. The molecule has 26 heavy (non-hydrogen) atoms. The number of sulfonamides is 1. The van der Waals surface area contributed by atoms with Crippen molar-refractivity contribution in [1.82, 2.24) is 9.62 Å². The Morgan fingerprint density at radius 3 is 2.42 bits per heavy atom. The number of nitrogens with one attached hydrogen (secondary N) is 1. The molecule has 10 heteroatoms. The van der Waals surface area contributed by atoms with Crippen molar-refractivity contribution in [3.8, 4) is 5.75 Å². The summed E-state index contributed by atoms with van der Waals surface area (Å²) in [6.45, 7) is 7.80. The van der Waals surface area contributed by atoms with Crippen LogP contribution < -0.4 is 10.1 Å². The zero-order chi connectivity index (χ0) is 19.9. The van der Waals surface area contributed by atoms with Crippen LogP contribution in [0.2, 0.25) is 0 Å². The van der Waals surface area contributed by atoms with E-state index in [1.165, 1.54) is 16.4 Å². The lowest BCUT2D eigenvalue weighted by atomic mass is 10.2. The molecule has 0 spiro atoms. The summed E-state index contributed by atoms with van der Waals surface area (Å²) < 4.78 is 31.4. The summed E-state index contributed by atoms with van der Waals surface area (Å²) in [5, 5.41) is 13.9. The highest BCUT2D eigenvalue weighted by molar-refractivity contribution is 7.89. The van der Waals surface area contributed by atoms with Crippen LogP contribution in [0.5, 0.6) is 5.75 Å². The first kappa shape index (κ1) is 21.8. The molecular weight excluding hydrogens is 362 g/mol. The van der Waals surface area contributed by atoms with Gasteiger partial charge in [0.1, 0.15) is 0 Å². The van der Waals surface area contributed by atoms with Gasteiger partial charge in [-0.3, -0.25) is 14.9 Å². The maximum absolute atomic E-state index is 12.5. The van der Waals surface area contributed by atoms with Crippen molar-refractivity contribution in [3.63, 3.8) is 0 Å². The van der Waals surface area contributed by atoms with Crippen LogP contribution in [0, 0.1) is 16.0 Å². The molecule has 0 heterocycles. The van der Waals surface area contributed by atoms with Crippen LogP contribution in [-0.2, 0) is 14.8 Å². The van der Waals surface area contributed by atoms with Crippen LogP contribution in [0.4, 0.5) is 5.69 Å². The average Bonchev–Trinajstić information content (AvgIpc) is 2.58. The summed E-state index contributed by atoms with van der Waals surface area (Å²) >= 11 is 0. The number of nitrogens with zero attached hydrogens (tertiary/aromatic N) is 2. The third kappa shape index (κ3) is 5.67. The van der Waals surface area contributed by atoms with E-state index in [0.29, 0.717) is 6.54 Å². The molecule has 1 aromatic carbocycles. The summed E-state index contributed by atoms with van der Waals surface area (Å²) in [6, 6.07) is 3.39. The second-order valence-electron chi connectivity index (χ2n) is 5.96. The van der Waals surface area contributed by atoms with E-state index in [1.807, 2.05) is 13.8 Å². The Morgan fingerprint density at radius 2 is 1.92 bits per heavy atom. The monoisotopic (exact) mass is 387 g/mol. The summed E-state index contributed by atoms with van der Waals surface area (Å²) in [7, 11) is -3.83. The largest absolute Gasteiger partial charge is 0.477 e. The van der Waals surface area contributed by atoms with Gasteiger partial charge in [-0.15, -0.1) is 0 Å². The van der Waals surface area contributed by atoms with Crippen LogP contribution in [0.25, 0.3) is 0 Å². The van der Waals surface area contributed by atoms with Gasteiger partial charge < -0.3 is 10.1 Å². The topological polar surface area (TPSA) is 119 Å². The van der Waals surface area contributed by atoms with Gasteiger partial charge in [0.05, 0.1) is 9.82 Å². The molecule has 0 saturated carbocycles. The molecule has 0 saturated heterocycles. The second kappa shape index (κ2) is 9.48. The fourth-order valence-electron chi connectivity index (χ4n) is 2.15. The lowest BCUT2D eigenvalue weighted by Gasteiger charge is -2.18. The molecule has 0 bridgehead atoms. The van der Waals surface area contributed by atoms with E-state index in [4.69, 9.17) is 4.74 Å². The molecule has 1 rings (SSSR count). The number of benzene rings is 1. The van der Waals surface area contributed by atoms with E-state index in [-0.39, 0.29) is 29.7 Å². The number of nitro groups is 1. The van der Waals surface area contributed by atoms with E-state index in [9.17, 15) is 23.3 Å². The van der Waals surface area contributed by atoms with Gasteiger partial charge >= 0.3 is 5.69 Å². The zero-order valence-corrected chi connectivity index (χ0v) is 16.2. The number of carbonyl (C=O) groups is 1.